The Balaban J connectivity index is 1.66. The molecule has 1 N–H and O–H groups in total. The third kappa shape index (κ3) is 3.63. The van der Waals surface area contributed by atoms with Crippen molar-refractivity contribution in [3.05, 3.63) is 23.8 Å². The second-order valence-corrected chi connectivity index (χ2v) is 11.0. The Morgan fingerprint density at radius 2 is 1.94 bits per heavy atom. The number of benzene rings is 1. The lowest BCUT2D eigenvalue weighted by Gasteiger charge is -2.53. The van der Waals surface area contributed by atoms with E-state index in [-0.39, 0.29) is 40.9 Å². The summed E-state index contributed by atoms with van der Waals surface area (Å²) in [5.41, 5.74) is 1.36. The first-order valence-electron chi connectivity index (χ1n) is 11.9. The lowest BCUT2D eigenvalue weighted by atomic mass is 9.58. The molecule has 2 saturated carbocycles. The summed E-state index contributed by atoms with van der Waals surface area (Å²) < 4.78 is 18.0. The van der Waals surface area contributed by atoms with Crippen LogP contribution < -0.4 is 14.8 Å². The predicted molar refractivity (Wildman–Crippen MR) is 121 cm³/mol. The van der Waals surface area contributed by atoms with Gasteiger partial charge in [-0.15, -0.1) is 0 Å². The zero-order valence-corrected chi connectivity index (χ0v) is 20.2. The van der Waals surface area contributed by atoms with Gasteiger partial charge in [0.25, 0.3) is 0 Å². The molecule has 4 rings (SSSR count). The maximum absolute atomic E-state index is 12.7. The number of rotatable bonds is 6. The van der Waals surface area contributed by atoms with Gasteiger partial charge >= 0.3 is 0 Å². The standard InChI is InChI=1S/C26H39NO4/c1-15(2)23(28)27-24-25(5,6)18-13-19-22(30-11-10-26(19,24)14-18)17-8-9-20(31-16(3)4)21(12-17)29-7/h8-9,12,15-16,18-19,22,24H,10-11,13-14H2,1-7H3,(H,27,28)/t18-,19-,22-,24-,26-/m1/s1. The summed E-state index contributed by atoms with van der Waals surface area (Å²) in [5.74, 6) is 2.69. The van der Waals surface area contributed by atoms with Crippen LogP contribution in [0.2, 0.25) is 0 Å². The van der Waals surface area contributed by atoms with Crippen LogP contribution in [0.3, 0.4) is 0 Å². The van der Waals surface area contributed by atoms with Gasteiger partial charge in [0.2, 0.25) is 5.91 Å². The number of carbonyl (C=O) groups excluding carboxylic acids is 1. The van der Waals surface area contributed by atoms with E-state index in [1.807, 2.05) is 33.8 Å². The first-order chi connectivity index (χ1) is 14.6. The number of carbonyl (C=O) groups is 1. The van der Waals surface area contributed by atoms with Crippen molar-refractivity contribution in [3.8, 4) is 11.5 Å². The lowest BCUT2D eigenvalue weighted by molar-refractivity contribution is -0.139. The van der Waals surface area contributed by atoms with E-state index < -0.39 is 0 Å². The first kappa shape index (κ1) is 22.4. The van der Waals surface area contributed by atoms with Crippen molar-refractivity contribution in [1.82, 2.24) is 5.32 Å². The highest BCUT2D eigenvalue weighted by atomic mass is 16.5. The Morgan fingerprint density at radius 1 is 1.19 bits per heavy atom. The van der Waals surface area contributed by atoms with Gasteiger partial charge in [-0.3, -0.25) is 4.79 Å². The summed E-state index contributed by atoms with van der Waals surface area (Å²) in [6, 6.07) is 6.41. The number of fused-ring (bicyclic) bond motifs is 1. The maximum atomic E-state index is 12.7. The van der Waals surface area contributed by atoms with Crippen molar-refractivity contribution in [2.45, 2.75) is 79.1 Å². The normalized spacial score (nSPS) is 33.5. The Kier molecular flexibility index (Phi) is 5.78. The molecule has 31 heavy (non-hydrogen) atoms. The van der Waals surface area contributed by atoms with Gasteiger partial charge in [0.15, 0.2) is 11.5 Å². The van der Waals surface area contributed by atoms with Crippen LogP contribution in [-0.2, 0) is 9.53 Å². The van der Waals surface area contributed by atoms with Gasteiger partial charge in [0.1, 0.15) is 0 Å². The molecule has 3 aliphatic rings. The average molecular weight is 430 g/mol. The lowest BCUT2D eigenvalue weighted by Crippen LogP contribution is -2.59. The molecule has 5 nitrogen and oxygen atoms in total. The van der Waals surface area contributed by atoms with Gasteiger partial charge in [0.05, 0.1) is 19.3 Å². The fourth-order valence-electron chi connectivity index (χ4n) is 6.64. The Labute approximate surface area is 187 Å². The number of methoxy groups -OCH3 is 1. The Morgan fingerprint density at radius 3 is 2.58 bits per heavy atom. The summed E-state index contributed by atoms with van der Waals surface area (Å²) in [6.07, 6.45) is 3.46. The van der Waals surface area contributed by atoms with E-state index >= 15 is 0 Å². The molecule has 2 aliphatic carbocycles. The van der Waals surface area contributed by atoms with E-state index in [9.17, 15) is 4.79 Å². The van der Waals surface area contributed by atoms with Gasteiger partial charge in [-0.1, -0.05) is 33.8 Å². The smallest absolute Gasteiger partial charge is 0.222 e. The van der Waals surface area contributed by atoms with Crippen LogP contribution in [0.5, 0.6) is 11.5 Å². The zero-order chi connectivity index (χ0) is 22.6. The number of hydrogen-bond donors (Lipinski definition) is 1. The van der Waals surface area contributed by atoms with Crippen LogP contribution in [0.25, 0.3) is 0 Å². The molecule has 172 valence electrons. The van der Waals surface area contributed by atoms with Gasteiger partial charge in [-0.05, 0) is 73.5 Å². The van der Waals surface area contributed by atoms with Crippen LogP contribution in [-0.4, -0.2) is 31.8 Å². The van der Waals surface area contributed by atoms with Crippen molar-refractivity contribution < 1.29 is 19.0 Å². The molecule has 0 aromatic heterocycles. The second kappa shape index (κ2) is 7.99. The third-order valence-corrected chi connectivity index (χ3v) is 8.19. The van der Waals surface area contributed by atoms with E-state index in [1.165, 1.54) is 6.42 Å². The van der Waals surface area contributed by atoms with E-state index in [2.05, 4.69) is 31.3 Å². The topological polar surface area (TPSA) is 56.8 Å². The van der Waals surface area contributed by atoms with Crippen molar-refractivity contribution in [2.24, 2.45) is 28.6 Å². The van der Waals surface area contributed by atoms with Crippen molar-refractivity contribution in [1.29, 1.82) is 0 Å². The summed E-state index contributed by atoms with van der Waals surface area (Å²) in [6.45, 7) is 13.4. The molecule has 0 unspecified atom stereocenters. The molecule has 1 heterocycles. The molecule has 0 radical (unpaired) electrons. The third-order valence-electron chi connectivity index (χ3n) is 8.19. The van der Waals surface area contributed by atoms with E-state index in [0.29, 0.717) is 11.8 Å². The SMILES string of the molecule is COc1cc([C@H]2OCC[C@@]34C[C@@H](C[C@H]23)C(C)(C)[C@H]4NC(=O)C(C)C)ccc1OC(C)C. The molecule has 1 amide bonds. The minimum absolute atomic E-state index is 0.00169. The monoisotopic (exact) mass is 429 g/mol. The number of ether oxygens (including phenoxy) is 3. The molecule has 5 heteroatoms. The summed E-state index contributed by atoms with van der Waals surface area (Å²) in [4.78, 5) is 12.7. The fraction of sp³-hybridized carbons (Fsp3) is 0.731. The maximum Gasteiger partial charge on any atom is 0.222 e. The van der Waals surface area contributed by atoms with Crippen molar-refractivity contribution >= 4 is 5.91 Å². The van der Waals surface area contributed by atoms with Gasteiger partial charge in [0, 0.05) is 18.6 Å². The average Bonchev–Trinajstić information content (AvgIpc) is 3.20. The number of hydrogen-bond acceptors (Lipinski definition) is 4. The first-order valence-corrected chi connectivity index (χ1v) is 11.9. The summed E-state index contributed by atoms with van der Waals surface area (Å²) >= 11 is 0. The molecule has 2 bridgehead atoms. The summed E-state index contributed by atoms with van der Waals surface area (Å²) in [5, 5.41) is 3.48. The molecule has 1 aliphatic heterocycles. The summed E-state index contributed by atoms with van der Waals surface area (Å²) in [7, 11) is 1.69. The highest BCUT2D eigenvalue weighted by molar-refractivity contribution is 5.78. The quantitative estimate of drug-likeness (QED) is 0.680. The molecule has 3 fully saturated rings. The molecular formula is C26H39NO4. The van der Waals surface area contributed by atoms with Crippen LogP contribution >= 0.6 is 0 Å². The second-order valence-electron chi connectivity index (χ2n) is 11.0. The van der Waals surface area contributed by atoms with Crippen LogP contribution in [0.4, 0.5) is 0 Å². The highest BCUT2D eigenvalue weighted by Crippen LogP contribution is 2.70. The van der Waals surface area contributed by atoms with Crippen LogP contribution in [0.15, 0.2) is 18.2 Å². The predicted octanol–water partition coefficient (Wildman–Crippen LogP) is 5.14. The highest BCUT2D eigenvalue weighted by Gasteiger charge is 2.68. The van der Waals surface area contributed by atoms with Gasteiger partial charge < -0.3 is 19.5 Å². The zero-order valence-electron chi connectivity index (χ0n) is 20.2. The Bertz CT molecular complexity index is 833. The van der Waals surface area contributed by atoms with Gasteiger partial charge in [-0.2, -0.15) is 0 Å². The van der Waals surface area contributed by atoms with Crippen molar-refractivity contribution in [3.63, 3.8) is 0 Å². The van der Waals surface area contributed by atoms with E-state index in [0.717, 1.165) is 36.5 Å². The van der Waals surface area contributed by atoms with Crippen LogP contribution in [0.1, 0.15) is 72.5 Å². The molecule has 1 aromatic rings. The number of nitrogens with one attached hydrogen (secondary N) is 1. The molecule has 1 aromatic carbocycles. The van der Waals surface area contributed by atoms with E-state index in [4.69, 9.17) is 14.2 Å². The Hall–Kier alpha value is -1.75. The minimum Gasteiger partial charge on any atom is -0.493 e. The van der Waals surface area contributed by atoms with Crippen LogP contribution in [0, 0.1) is 28.6 Å². The van der Waals surface area contributed by atoms with E-state index in [1.54, 1.807) is 7.11 Å². The molecule has 1 saturated heterocycles. The molecular weight excluding hydrogens is 390 g/mol. The molecule has 5 atom stereocenters. The minimum atomic E-state index is -0.00169. The fourth-order valence-corrected chi connectivity index (χ4v) is 6.64. The number of amides is 1. The molecule has 1 spiro atoms. The van der Waals surface area contributed by atoms with Crippen molar-refractivity contribution in [2.75, 3.05) is 13.7 Å². The van der Waals surface area contributed by atoms with Gasteiger partial charge in [-0.25, -0.2) is 0 Å². The largest absolute Gasteiger partial charge is 0.493 e.